The monoisotopic (exact) mass is 317 g/mol. The Kier molecular flexibility index (Phi) is 4.17. The van der Waals surface area contributed by atoms with Crippen LogP contribution < -0.4 is 10.1 Å². The second kappa shape index (κ2) is 5.87. The molecule has 0 saturated carbocycles. The van der Waals surface area contributed by atoms with Crippen molar-refractivity contribution in [3.63, 3.8) is 0 Å². The van der Waals surface area contributed by atoms with E-state index in [1.54, 1.807) is 0 Å². The number of carbonyl (C=O) groups is 1. The van der Waals surface area contributed by atoms with Crippen LogP contribution in [0.5, 0.6) is 5.75 Å². The number of para-hydroxylation sites is 1. The summed E-state index contributed by atoms with van der Waals surface area (Å²) in [5, 5.41) is 4.95. The maximum Gasteiger partial charge on any atom is 0.573 e. The number of alkyl halides is 3. The molecule has 0 aliphatic rings. The van der Waals surface area contributed by atoms with Gasteiger partial charge in [-0.3, -0.25) is 10.1 Å². The summed E-state index contributed by atoms with van der Waals surface area (Å²) in [6, 6.07) is 4.87. The number of benzene rings is 1. The number of rotatable bonds is 4. The molecular formula is C11H6F3N3O3S. The van der Waals surface area contributed by atoms with E-state index in [1.807, 2.05) is 0 Å². The Morgan fingerprint density at radius 3 is 2.67 bits per heavy atom. The molecule has 2 rings (SSSR count). The number of carbonyl (C=O) groups excluding carboxylic acids is 1. The van der Waals surface area contributed by atoms with Gasteiger partial charge in [0.2, 0.25) is 0 Å². The summed E-state index contributed by atoms with van der Waals surface area (Å²) in [7, 11) is 0. The third kappa shape index (κ3) is 3.99. The topological polar surface area (TPSA) is 80.7 Å². The lowest BCUT2D eigenvalue weighted by Crippen LogP contribution is -2.20. The summed E-state index contributed by atoms with van der Waals surface area (Å²) in [6.07, 6.45) is -3.78. The van der Waals surface area contributed by atoms with Gasteiger partial charge in [-0.25, -0.2) is 4.98 Å². The number of hydrogen-bond acceptors (Lipinski definition) is 6. The van der Waals surface area contributed by atoms with Crippen molar-refractivity contribution in [3.05, 3.63) is 40.9 Å². The lowest BCUT2D eigenvalue weighted by atomic mass is 10.2. The largest absolute Gasteiger partial charge is 0.573 e. The van der Waals surface area contributed by atoms with Crippen molar-refractivity contribution in [3.8, 4) is 5.75 Å². The van der Waals surface area contributed by atoms with Crippen LogP contribution in [-0.2, 0) is 0 Å². The normalized spacial score (nSPS) is 11.0. The van der Waals surface area contributed by atoms with Crippen LogP contribution in [0.1, 0.15) is 10.4 Å². The quantitative estimate of drug-likeness (QED) is 0.872. The molecule has 2 aromatic rings. The number of ether oxygens (including phenoxy) is 1. The lowest BCUT2D eigenvalue weighted by molar-refractivity contribution is -0.274. The van der Waals surface area contributed by atoms with E-state index in [2.05, 4.69) is 20.2 Å². The van der Waals surface area contributed by atoms with Gasteiger partial charge in [0.05, 0.1) is 11.8 Å². The second-order valence-electron chi connectivity index (χ2n) is 3.59. The maximum atomic E-state index is 12.2. The van der Waals surface area contributed by atoms with Gasteiger partial charge in [0.1, 0.15) is 5.75 Å². The first-order chi connectivity index (χ1) is 9.89. The highest BCUT2D eigenvalue weighted by atomic mass is 32.1. The molecular weight excluding hydrogens is 311 g/mol. The molecule has 0 unspecified atom stereocenters. The fraction of sp³-hybridized carbons (Fsp3) is 0.0909. The van der Waals surface area contributed by atoms with Crippen LogP contribution in [0.2, 0.25) is 0 Å². The molecule has 1 aromatic heterocycles. The van der Waals surface area contributed by atoms with Crippen molar-refractivity contribution in [1.29, 1.82) is 0 Å². The first kappa shape index (κ1) is 14.9. The minimum absolute atomic E-state index is 0.0325. The molecule has 1 amide bonds. The summed E-state index contributed by atoms with van der Waals surface area (Å²) in [4.78, 5) is 25.9. The number of thiazole rings is 1. The SMILES string of the molecule is O=Nc1cnc(NC(=O)c2ccccc2OC(F)(F)F)s1. The number of amides is 1. The first-order valence-electron chi connectivity index (χ1n) is 5.34. The molecule has 0 bridgehead atoms. The Balaban J connectivity index is 2.20. The van der Waals surface area contributed by atoms with Gasteiger partial charge in [-0.2, -0.15) is 0 Å². The molecule has 0 aliphatic heterocycles. The number of halogens is 3. The van der Waals surface area contributed by atoms with E-state index >= 15 is 0 Å². The zero-order valence-electron chi connectivity index (χ0n) is 10.0. The molecule has 0 fully saturated rings. The van der Waals surface area contributed by atoms with E-state index in [4.69, 9.17) is 0 Å². The van der Waals surface area contributed by atoms with Gasteiger partial charge in [0.15, 0.2) is 10.1 Å². The van der Waals surface area contributed by atoms with Gasteiger partial charge >= 0.3 is 6.36 Å². The second-order valence-corrected chi connectivity index (χ2v) is 4.60. The molecule has 0 spiro atoms. The number of nitrogens with one attached hydrogen (secondary N) is 1. The smallest absolute Gasteiger partial charge is 0.405 e. The summed E-state index contributed by atoms with van der Waals surface area (Å²) in [6.45, 7) is 0. The zero-order chi connectivity index (χ0) is 15.5. The number of hydrogen-bond donors (Lipinski definition) is 1. The van der Waals surface area contributed by atoms with Crippen LogP contribution in [0, 0.1) is 4.91 Å². The Labute approximate surface area is 119 Å². The minimum atomic E-state index is -4.91. The van der Waals surface area contributed by atoms with Gasteiger partial charge < -0.3 is 4.74 Å². The van der Waals surface area contributed by atoms with E-state index in [9.17, 15) is 22.9 Å². The Hall–Kier alpha value is -2.49. The minimum Gasteiger partial charge on any atom is -0.405 e. The van der Waals surface area contributed by atoms with Crippen LogP contribution in [0.25, 0.3) is 0 Å². The van der Waals surface area contributed by atoms with Crippen LogP contribution >= 0.6 is 11.3 Å². The zero-order valence-corrected chi connectivity index (χ0v) is 10.9. The number of aromatic nitrogens is 1. The van der Waals surface area contributed by atoms with Gasteiger partial charge in [-0.15, -0.1) is 18.1 Å². The third-order valence-corrected chi connectivity index (χ3v) is 2.95. The van der Waals surface area contributed by atoms with E-state index in [1.165, 1.54) is 18.2 Å². The summed E-state index contributed by atoms with van der Waals surface area (Å²) in [5.41, 5.74) is -0.314. The lowest BCUT2D eigenvalue weighted by Gasteiger charge is -2.12. The number of nitrogens with zero attached hydrogens (tertiary/aromatic N) is 2. The number of nitroso groups, excluding NO2 is 1. The van der Waals surface area contributed by atoms with E-state index < -0.39 is 18.0 Å². The van der Waals surface area contributed by atoms with Gasteiger partial charge in [0.25, 0.3) is 5.91 Å². The van der Waals surface area contributed by atoms with Gasteiger partial charge in [-0.1, -0.05) is 23.5 Å². The molecule has 1 heterocycles. The molecule has 0 atom stereocenters. The molecule has 110 valence electrons. The van der Waals surface area contributed by atoms with Crippen LogP contribution in [-0.4, -0.2) is 17.3 Å². The maximum absolute atomic E-state index is 12.2. The van der Waals surface area contributed by atoms with Crippen LogP contribution in [0.4, 0.5) is 23.3 Å². The third-order valence-electron chi connectivity index (χ3n) is 2.16. The Morgan fingerprint density at radius 1 is 1.33 bits per heavy atom. The molecule has 0 saturated heterocycles. The summed E-state index contributed by atoms with van der Waals surface area (Å²) < 4.78 is 40.5. The fourth-order valence-corrected chi connectivity index (χ4v) is 1.99. The average molecular weight is 317 g/mol. The van der Waals surface area contributed by atoms with E-state index in [0.717, 1.165) is 23.6 Å². The average Bonchev–Trinajstić information content (AvgIpc) is 2.85. The molecule has 21 heavy (non-hydrogen) atoms. The predicted molar refractivity (Wildman–Crippen MR) is 68.6 cm³/mol. The Bertz CT molecular complexity index is 672. The van der Waals surface area contributed by atoms with E-state index in [0.29, 0.717) is 0 Å². The van der Waals surface area contributed by atoms with Crippen molar-refractivity contribution in [1.82, 2.24) is 4.98 Å². The van der Waals surface area contributed by atoms with Crippen molar-refractivity contribution >= 4 is 27.4 Å². The van der Waals surface area contributed by atoms with Crippen LogP contribution in [0.15, 0.2) is 35.6 Å². The number of anilines is 1. The van der Waals surface area contributed by atoms with Crippen LogP contribution in [0.3, 0.4) is 0 Å². The highest BCUT2D eigenvalue weighted by molar-refractivity contribution is 7.19. The van der Waals surface area contributed by atoms with Gasteiger partial charge in [-0.05, 0) is 17.3 Å². The van der Waals surface area contributed by atoms with Crippen molar-refractivity contribution in [2.24, 2.45) is 5.18 Å². The molecule has 1 aromatic carbocycles. The Morgan fingerprint density at radius 2 is 2.05 bits per heavy atom. The molecule has 10 heteroatoms. The molecule has 6 nitrogen and oxygen atoms in total. The van der Waals surface area contributed by atoms with Crippen molar-refractivity contribution in [2.45, 2.75) is 6.36 Å². The van der Waals surface area contributed by atoms with Crippen molar-refractivity contribution < 1.29 is 22.7 Å². The van der Waals surface area contributed by atoms with Gasteiger partial charge in [0, 0.05) is 0 Å². The highest BCUT2D eigenvalue weighted by Gasteiger charge is 2.32. The first-order valence-corrected chi connectivity index (χ1v) is 6.16. The summed E-state index contributed by atoms with van der Waals surface area (Å²) in [5.74, 6) is -1.48. The van der Waals surface area contributed by atoms with Crippen molar-refractivity contribution in [2.75, 3.05) is 5.32 Å². The molecule has 0 aliphatic carbocycles. The standard InChI is InChI=1S/C11H6F3N3O3S/c12-11(13,14)20-7-4-2-1-3-6(7)9(18)16-10-15-5-8(17-19)21-10/h1-5H,(H,15,16,18). The molecule has 1 N–H and O–H groups in total. The summed E-state index contributed by atoms with van der Waals surface area (Å²) >= 11 is 0.790. The predicted octanol–water partition coefficient (Wildman–Crippen LogP) is 3.69. The molecule has 0 radical (unpaired) electrons. The van der Waals surface area contributed by atoms with E-state index in [-0.39, 0.29) is 15.7 Å². The highest BCUT2D eigenvalue weighted by Crippen LogP contribution is 2.29. The fourth-order valence-electron chi connectivity index (χ4n) is 1.40.